The maximum absolute atomic E-state index is 11.9. The molecule has 1 aliphatic heterocycles. The van der Waals surface area contributed by atoms with Crippen LogP contribution in [-0.4, -0.2) is 41.1 Å². The van der Waals surface area contributed by atoms with E-state index in [1.807, 2.05) is 35.2 Å². The van der Waals surface area contributed by atoms with Gasteiger partial charge in [-0.15, -0.1) is 0 Å². The monoisotopic (exact) mass is 421 g/mol. The number of nitro groups is 1. The minimum atomic E-state index is -0.363. The highest BCUT2D eigenvalue weighted by atomic mass is 32.2. The highest BCUT2D eigenvalue weighted by Crippen LogP contribution is 2.38. The van der Waals surface area contributed by atoms with Crippen molar-refractivity contribution in [3.63, 3.8) is 0 Å². The van der Waals surface area contributed by atoms with Crippen molar-refractivity contribution in [2.24, 2.45) is 0 Å². The summed E-state index contributed by atoms with van der Waals surface area (Å²) in [4.78, 5) is 25.3. The molecule has 0 amide bonds. The summed E-state index contributed by atoms with van der Waals surface area (Å²) in [6, 6.07) is 15.9. The van der Waals surface area contributed by atoms with Gasteiger partial charge in [0.15, 0.2) is 5.03 Å². The topological polar surface area (TPSA) is 75.4 Å². The molecule has 2 heterocycles. The van der Waals surface area contributed by atoms with Crippen molar-refractivity contribution in [3.05, 3.63) is 76.1 Å². The summed E-state index contributed by atoms with van der Waals surface area (Å²) < 4.78 is 0. The molecule has 0 unspecified atom stereocenters. The third-order valence-electron chi connectivity index (χ3n) is 5.41. The summed E-state index contributed by atoms with van der Waals surface area (Å²) in [5.74, 6) is 0.397. The predicted octanol–water partition coefficient (Wildman–Crippen LogP) is 4.48. The third kappa shape index (κ3) is 4.09. The number of hydrogen-bond acceptors (Lipinski definition) is 7. The summed E-state index contributed by atoms with van der Waals surface area (Å²) in [5, 5.41) is 12.3. The van der Waals surface area contributed by atoms with Gasteiger partial charge in [0.05, 0.1) is 4.92 Å². The van der Waals surface area contributed by atoms with Crippen LogP contribution in [0, 0.1) is 24.0 Å². The van der Waals surface area contributed by atoms with E-state index in [0.717, 1.165) is 18.0 Å². The zero-order valence-electron chi connectivity index (χ0n) is 17.0. The molecule has 7 nitrogen and oxygen atoms in total. The number of aromatic nitrogens is 2. The lowest BCUT2D eigenvalue weighted by molar-refractivity contribution is -0.387. The Kier molecular flexibility index (Phi) is 5.85. The van der Waals surface area contributed by atoms with E-state index < -0.39 is 0 Å². The Morgan fingerprint density at radius 3 is 2.33 bits per heavy atom. The number of piperazine rings is 1. The third-order valence-corrected chi connectivity index (χ3v) is 6.41. The zero-order chi connectivity index (χ0) is 21.1. The van der Waals surface area contributed by atoms with E-state index in [1.54, 1.807) is 0 Å². The number of benzene rings is 2. The van der Waals surface area contributed by atoms with E-state index in [9.17, 15) is 10.1 Å². The molecule has 0 radical (unpaired) electrons. The highest BCUT2D eigenvalue weighted by Gasteiger charge is 2.30. The Balaban J connectivity index is 1.57. The van der Waals surface area contributed by atoms with Crippen LogP contribution in [0.1, 0.15) is 11.1 Å². The van der Waals surface area contributed by atoms with Gasteiger partial charge in [0.1, 0.15) is 6.33 Å². The van der Waals surface area contributed by atoms with Crippen molar-refractivity contribution in [2.75, 3.05) is 36.0 Å². The van der Waals surface area contributed by atoms with Crippen LogP contribution < -0.4 is 9.80 Å². The first-order valence-electron chi connectivity index (χ1n) is 9.83. The highest BCUT2D eigenvalue weighted by molar-refractivity contribution is 7.99. The molecule has 1 saturated heterocycles. The van der Waals surface area contributed by atoms with Gasteiger partial charge in [-0.05, 0) is 43.2 Å². The predicted molar refractivity (Wildman–Crippen MR) is 120 cm³/mol. The van der Waals surface area contributed by atoms with Gasteiger partial charge in [0.25, 0.3) is 0 Å². The minimum Gasteiger partial charge on any atom is -0.368 e. The van der Waals surface area contributed by atoms with Crippen molar-refractivity contribution >= 4 is 29.0 Å². The molecule has 1 aliphatic rings. The first-order chi connectivity index (χ1) is 14.5. The summed E-state index contributed by atoms with van der Waals surface area (Å²) in [7, 11) is 0. The first kappa shape index (κ1) is 20.2. The molecule has 0 saturated carbocycles. The fourth-order valence-corrected chi connectivity index (χ4v) is 4.54. The van der Waals surface area contributed by atoms with Crippen LogP contribution in [0.5, 0.6) is 0 Å². The fraction of sp³-hybridized carbons (Fsp3) is 0.273. The molecule has 8 heteroatoms. The largest absolute Gasteiger partial charge is 0.368 e. The Bertz CT molecular complexity index is 1050. The normalized spacial score (nSPS) is 14.1. The van der Waals surface area contributed by atoms with Crippen LogP contribution in [0.3, 0.4) is 0 Å². The van der Waals surface area contributed by atoms with Gasteiger partial charge in [-0.3, -0.25) is 10.1 Å². The maximum Gasteiger partial charge on any atom is 0.343 e. The second-order valence-corrected chi connectivity index (χ2v) is 8.28. The summed E-state index contributed by atoms with van der Waals surface area (Å²) >= 11 is 1.29. The second kappa shape index (κ2) is 8.71. The average molecular weight is 422 g/mol. The lowest BCUT2D eigenvalue weighted by Gasteiger charge is -2.37. The van der Waals surface area contributed by atoms with Crippen molar-refractivity contribution in [1.29, 1.82) is 0 Å². The van der Waals surface area contributed by atoms with E-state index in [0.29, 0.717) is 23.9 Å². The van der Waals surface area contributed by atoms with E-state index in [2.05, 4.69) is 46.9 Å². The molecule has 154 valence electrons. The van der Waals surface area contributed by atoms with E-state index in [-0.39, 0.29) is 10.6 Å². The van der Waals surface area contributed by atoms with Crippen molar-refractivity contribution in [3.8, 4) is 0 Å². The van der Waals surface area contributed by atoms with Gasteiger partial charge in [-0.2, -0.15) is 0 Å². The molecular formula is C22H23N5O2S. The van der Waals surface area contributed by atoms with Gasteiger partial charge in [-0.1, -0.05) is 42.1 Å². The maximum atomic E-state index is 11.9. The molecule has 0 bridgehead atoms. The Morgan fingerprint density at radius 1 is 0.933 bits per heavy atom. The smallest absolute Gasteiger partial charge is 0.343 e. The Labute approximate surface area is 179 Å². The van der Waals surface area contributed by atoms with Crippen LogP contribution in [-0.2, 0) is 0 Å². The van der Waals surface area contributed by atoms with Crippen LogP contribution in [0.15, 0.2) is 64.8 Å². The lowest BCUT2D eigenvalue weighted by Crippen LogP contribution is -2.47. The number of rotatable bonds is 5. The molecule has 0 atom stereocenters. The van der Waals surface area contributed by atoms with E-state index in [4.69, 9.17) is 0 Å². The molecule has 1 aromatic heterocycles. The molecule has 0 spiro atoms. The van der Waals surface area contributed by atoms with Gasteiger partial charge in [0.2, 0.25) is 5.82 Å². The molecule has 30 heavy (non-hydrogen) atoms. The van der Waals surface area contributed by atoms with Crippen molar-refractivity contribution in [1.82, 2.24) is 9.97 Å². The quantitative estimate of drug-likeness (QED) is 0.341. The van der Waals surface area contributed by atoms with Gasteiger partial charge < -0.3 is 9.80 Å². The Hall–Kier alpha value is -3.13. The van der Waals surface area contributed by atoms with Crippen molar-refractivity contribution < 1.29 is 4.92 Å². The van der Waals surface area contributed by atoms with Crippen LogP contribution in [0.2, 0.25) is 0 Å². The van der Waals surface area contributed by atoms with Gasteiger partial charge in [-0.25, -0.2) is 9.97 Å². The summed E-state index contributed by atoms with van der Waals surface area (Å²) in [6.45, 7) is 7.16. The fourth-order valence-electron chi connectivity index (χ4n) is 3.66. The molecule has 0 aliphatic carbocycles. The van der Waals surface area contributed by atoms with Crippen LogP contribution in [0.25, 0.3) is 0 Å². The lowest BCUT2D eigenvalue weighted by atomic mass is 10.1. The molecular weight excluding hydrogens is 398 g/mol. The van der Waals surface area contributed by atoms with E-state index >= 15 is 0 Å². The average Bonchev–Trinajstić information content (AvgIpc) is 2.76. The summed E-state index contributed by atoms with van der Waals surface area (Å²) in [6.07, 6.45) is 1.42. The van der Waals surface area contributed by atoms with Crippen LogP contribution >= 0.6 is 11.8 Å². The Morgan fingerprint density at radius 2 is 1.63 bits per heavy atom. The summed E-state index contributed by atoms with van der Waals surface area (Å²) in [5.41, 5.74) is 3.75. The SMILES string of the molecule is Cc1cccc(N2CCN(c3ncnc(Sc4ccccc4)c3[N+](=O)[O-])CC2)c1C. The first-order valence-corrected chi connectivity index (χ1v) is 10.6. The number of anilines is 2. The molecule has 0 N–H and O–H groups in total. The van der Waals surface area contributed by atoms with Crippen molar-refractivity contribution in [2.45, 2.75) is 23.8 Å². The van der Waals surface area contributed by atoms with Gasteiger partial charge in [0, 0.05) is 36.8 Å². The number of hydrogen-bond donors (Lipinski definition) is 0. The van der Waals surface area contributed by atoms with Gasteiger partial charge >= 0.3 is 5.69 Å². The van der Waals surface area contributed by atoms with E-state index in [1.165, 1.54) is 34.9 Å². The molecule has 3 aromatic rings. The zero-order valence-corrected chi connectivity index (χ0v) is 17.8. The second-order valence-electron chi connectivity index (χ2n) is 7.22. The number of nitrogens with zero attached hydrogens (tertiary/aromatic N) is 5. The number of aryl methyl sites for hydroxylation is 1. The molecule has 2 aromatic carbocycles. The standard InChI is InChI=1S/C22H23N5O2S/c1-16-7-6-10-19(17(16)2)25-11-13-26(14-12-25)21-20(27(28)29)22(24-15-23-21)30-18-8-4-3-5-9-18/h3-10,15H,11-14H2,1-2H3. The minimum absolute atomic E-state index is 0.0217. The molecule has 4 rings (SSSR count). The van der Waals surface area contributed by atoms with Crippen LogP contribution in [0.4, 0.5) is 17.2 Å². The molecule has 1 fully saturated rings.